The van der Waals surface area contributed by atoms with Crippen LogP contribution in [0.2, 0.25) is 0 Å². The van der Waals surface area contributed by atoms with E-state index in [1.54, 1.807) is 13.0 Å². The molecule has 1 aromatic rings. The summed E-state index contributed by atoms with van der Waals surface area (Å²) in [4.78, 5) is 12.1. The van der Waals surface area contributed by atoms with Gasteiger partial charge >= 0.3 is 0 Å². The molecule has 1 aliphatic rings. The fourth-order valence-electron chi connectivity index (χ4n) is 2.26. The molecule has 1 fully saturated rings. The number of sulfonamides is 1. The molecule has 0 aromatic heterocycles. The lowest BCUT2D eigenvalue weighted by Crippen LogP contribution is -2.27. The van der Waals surface area contributed by atoms with E-state index in [9.17, 15) is 13.2 Å². The molecule has 1 saturated carbocycles. The smallest absolute Gasteiger partial charge is 0.251 e. The molecule has 0 saturated heterocycles. The number of rotatable bonds is 4. The van der Waals surface area contributed by atoms with Crippen LogP contribution in [0.1, 0.15) is 36.2 Å². The number of nitrogens with two attached hydrogens (primary N) is 1. The normalized spacial score (nSPS) is 20.5. The molecule has 1 amide bonds. The first kappa shape index (κ1) is 15.0. The summed E-state index contributed by atoms with van der Waals surface area (Å²) < 4.78 is 22.7. The van der Waals surface area contributed by atoms with Crippen molar-refractivity contribution in [3.8, 4) is 0 Å². The van der Waals surface area contributed by atoms with Crippen molar-refractivity contribution in [1.82, 2.24) is 5.32 Å². The molecule has 1 atom stereocenters. The summed E-state index contributed by atoms with van der Waals surface area (Å²) in [5.74, 6) is 0.240. The topological polar surface area (TPSA) is 89.3 Å². The summed E-state index contributed by atoms with van der Waals surface area (Å²) in [6.07, 6.45) is 1.10. The van der Waals surface area contributed by atoms with Gasteiger partial charge in [0.1, 0.15) is 0 Å². The van der Waals surface area contributed by atoms with Crippen molar-refractivity contribution in [2.45, 2.75) is 32.1 Å². The average molecular weight is 296 g/mol. The van der Waals surface area contributed by atoms with Gasteiger partial charge < -0.3 is 5.32 Å². The van der Waals surface area contributed by atoms with E-state index < -0.39 is 10.0 Å². The number of carbonyl (C=O) groups is 1. The highest BCUT2D eigenvalue weighted by atomic mass is 32.2. The van der Waals surface area contributed by atoms with Crippen molar-refractivity contribution in [2.75, 3.05) is 6.54 Å². The number of benzene rings is 1. The maximum absolute atomic E-state index is 12.1. The lowest BCUT2D eigenvalue weighted by molar-refractivity contribution is 0.0950. The number of hydrogen-bond donors (Lipinski definition) is 2. The van der Waals surface area contributed by atoms with Gasteiger partial charge in [-0.05, 0) is 42.4 Å². The predicted molar refractivity (Wildman–Crippen MR) is 76.8 cm³/mol. The molecule has 1 aromatic carbocycles. The van der Waals surface area contributed by atoms with Crippen LogP contribution in [0.3, 0.4) is 0 Å². The van der Waals surface area contributed by atoms with Crippen molar-refractivity contribution in [1.29, 1.82) is 0 Å². The van der Waals surface area contributed by atoms with Gasteiger partial charge in [0.2, 0.25) is 10.0 Å². The minimum atomic E-state index is -3.79. The molecule has 0 bridgehead atoms. The highest BCUT2D eigenvalue weighted by Gasteiger charge is 2.45. The Morgan fingerprint density at radius 2 is 2.05 bits per heavy atom. The van der Waals surface area contributed by atoms with Crippen molar-refractivity contribution in [3.05, 3.63) is 29.3 Å². The fourth-order valence-corrected chi connectivity index (χ4v) is 2.80. The lowest BCUT2D eigenvalue weighted by Gasteiger charge is -2.10. The van der Waals surface area contributed by atoms with Gasteiger partial charge in [-0.15, -0.1) is 0 Å². The van der Waals surface area contributed by atoms with Crippen LogP contribution in [0.15, 0.2) is 23.1 Å². The van der Waals surface area contributed by atoms with Crippen molar-refractivity contribution < 1.29 is 13.2 Å². The molecule has 1 unspecified atom stereocenters. The molecule has 2 rings (SSSR count). The van der Waals surface area contributed by atoms with Gasteiger partial charge in [-0.2, -0.15) is 0 Å². The van der Waals surface area contributed by atoms with Crippen LogP contribution in [0.25, 0.3) is 0 Å². The summed E-state index contributed by atoms with van der Waals surface area (Å²) in [5.41, 5.74) is 1.38. The molecule has 5 nitrogen and oxygen atoms in total. The van der Waals surface area contributed by atoms with E-state index in [0.29, 0.717) is 23.4 Å². The quantitative estimate of drug-likeness (QED) is 0.880. The Morgan fingerprint density at radius 3 is 2.55 bits per heavy atom. The molecule has 0 heterocycles. The van der Waals surface area contributed by atoms with Gasteiger partial charge in [-0.25, -0.2) is 13.6 Å². The molecule has 20 heavy (non-hydrogen) atoms. The molecule has 1 aliphatic carbocycles. The lowest BCUT2D eigenvalue weighted by atomic mass is 10.1. The van der Waals surface area contributed by atoms with E-state index in [2.05, 4.69) is 19.2 Å². The Hall–Kier alpha value is -1.40. The average Bonchev–Trinajstić information content (AvgIpc) is 2.93. The Bertz CT molecular complexity index is 650. The summed E-state index contributed by atoms with van der Waals surface area (Å²) in [6.45, 7) is 6.71. The SMILES string of the molecule is Cc1ccc(S(N)(=O)=O)cc1C(=O)NCC1CC1(C)C. The maximum atomic E-state index is 12.1. The molecule has 0 radical (unpaired) electrons. The molecule has 110 valence electrons. The van der Waals surface area contributed by atoms with Crippen LogP contribution in [0.4, 0.5) is 0 Å². The first-order valence-electron chi connectivity index (χ1n) is 6.53. The Kier molecular flexibility index (Phi) is 3.64. The van der Waals surface area contributed by atoms with Crippen LogP contribution < -0.4 is 10.5 Å². The third kappa shape index (κ3) is 3.19. The molecule has 0 spiro atoms. The van der Waals surface area contributed by atoms with Crippen LogP contribution in [-0.2, 0) is 10.0 Å². The number of nitrogens with one attached hydrogen (secondary N) is 1. The second kappa shape index (κ2) is 4.86. The van der Waals surface area contributed by atoms with Crippen molar-refractivity contribution >= 4 is 15.9 Å². The summed E-state index contributed by atoms with van der Waals surface area (Å²) in [6, 6.07) is 4.33. The number of carbonyl (C=O) groups excluding carboxylic acids is 1. The maximum Gasteiger partial charge on any atom is 0.251 e. The van der Waals surface area contributed by atoms with E-state index in [-0.39, 0.29) is 10.8 Å². The van der Waals surface area contributed by atoms with Gasteiger partial charge in [-0.1, -0.05) is 19.9 Å². The number of primary sulfonamides is 1. The second-order valence-electron chi connectivity index (χ2n) is 6.12. The van der Waals surface area contributed by atoms with E-state index in [1.807, 2.05) is 0 Å². The monoisotopic (exact) mass is 296 g/mol. The van der Waals surface area contributed by atoms with Crippen LogP contribution >= 0.6 is 0 Å². The zero-order chi connectivity index (χ0) is 15.1. The van der Waals surface area contributed by atoms with Crippen LogP contribution in [-0.4, -0.2) is 20.9 Å². The minimum Gasteiger partial charge on any atom is -0.352 e. The van der Waals surface area contributed by atoms with E-state index in [0.717, 1.165) is 12.0 Å². The fraction of sp³-hybridized carbons (Fsp3) is 0.500. The summed E-state index contributed by atoms with van der Waals surface area (Å²) in [5, 5.41) is 7.95. The molecular weight excluding hydrogens is 276 g/mol. The number of amides is 1. The van der Waals surface area contributed by atoms with Gasteiger partial charge in [0.15, 0.2) is 0 Å². The van der Waals surface area contributed by atoms with Gasteiger partial charge in [0, 0.05) is 12.1 Å². The Morgan fingerprint density at radius 1 is 1.45 bits per heavy atom. The first-order valence-corrected chi connectivity index (χ1v) is 8.07. The Balaban J connectivity index is 2.13. The van der Waals surface area contributed by atoms with Gasteiger partial charge in [0.05, 0.1) is 4.90 Å². The second-order valence-corrected chi connectivity index (χ2v) is 7.68. The van der Waals surface area contributed by atoms with Crippen LogP contribution in [0.5, 0.6) is 0 Å². The standard InChI is InChI=1S/C14H20N2O3S/c1-9-4-5-11(20(15,18)19)6-12(9)13(17)16-8-10-7-14(10,2)3/h4-6,10H,7-8H2,1-3H3,(H,16,17)(H2,15,18,19). The van der Waals surface area contributed by atoms with E-state index in [1.165, 1.54) is 12.1 Å². The first-order chi connectivity index (χ1) is 9.11. The minimum absolute atomic E-state index is 0.0417. The molecule has 6 heteroatoms. The molecular formula is C14H20N2O3S. The van der Waals surface area contributed by atoms with Crippen LogP contribution in [0, 0.1) is 18.3 Å². The van der Waals surface area contributed by atoms with Gasteiger partial charge in [0.25, 0.3) is 5.91 Å². The van der Waals surface area contributed by atoms with Gasteiger partial charge in [-0.3, -0.25) is 4.79 Å². The largest absolute Gasteiger partial charge is 0.352 e. The molecule has 3 N–H and O–H groups in total. The summed E-state index contributed by atoms with van der Waals surface area (Å²) >= 11 is 0. The highest BCUT2D eigenvalue weighted by Crippen LogP contribution is 2.50. The van der Waals surface area contributed by atoms with E-state index in [4.69, 9.17) is 5.14 Å². The number of aryl methyl sites for hydroxylation is 1. The van der Waals surface area contributed by atoms with E-state index >= 15 is 0 Å². The highest BCUT2D eigenvalue weighted by molar-refractivity contribution is 7.89. The van der Waals surface area contributed by atoms with Crippen molar-refractivity contribution in [3.63, 3.8) is 0 Å². The summed E-state index contributed by atoms with van der Waals surface area (Å²) in [7, 11) is -3.79. The third-order valence-electron chi connectivity index (χ3n) is 4.01. The van der Waals surface area contributed by atoms with Crippen molar-refractivity contribution in [2.24, 2.45) is 16.5 Å². The predicted octanol–water partition coefficient (Wildman–Crippen LogP) is 1.42. The zero-order valence-corrected chi connectivity index (χ0v) is 12.8. The number of hydrogen-bond acceptors (Lipinski definition) is 3. The third-order valence-corrected chi connectivity index (χ3v) is 4.92. The molecule has 0 aliphatic heterocycles. The zero-order valence-electron chi connectivity index (χ0n) is 11.9. The Labute approximate surface area is 119 Å².